The first-order chi connectivity index (χ1) is 26.7. The van der Waals surface area contributed by atoms with Gasteiger partial charge in [0.15, 0.2) is 0 Å². The van der Waals surface area contributed by atoms with Crippen molar-refractivity contribution in [3.8, 4) is 32.8 Å². The zero-order valence-electron chi connectivity index (χ0n) is 28.9. The normalized spacial score (nSPS) is 11.7. The average Bonchev–Trinajstić information content (AvgIpc) is 3.95. The summed E-state index contributed by atoms with van der Waals surface area (Å²) in [6.45, 7) is 0. The predicted molar refractivity (Wildman–Crippen MR) is 225 cm³/mol. The van der Waals surface area contributed by atoms with Crippen LogP contribution in [0.15, 0.2) is 191 Å². The van der Waals surface area contributed by atoms with Crippen LogP contribution in [0.2, 0.25) is 0 Å². The summed E-state index contributed by atoms with van der Waals surface area (Å²) in [5.74, 6) is 0. The van der Waals surface area contributed by atoms with Gasteiger partial charge in [-0.05, 0) is 89.0 Å². The highest BCUT2D eigenvalue weighted by molar-refractivity contribution is 7.21. The third kappa shape index (κ3) is 5.09. The Labute approximate surface area is 314 Å². The number of para-hydroxylation sites is 1. The molecule has 11 aromatic rings. The molecular weight excluding hydrogens is 681 g/mol. The van der Waals surface area contributed by atoms with E-state index in [4.69, 9.17) is 13.8 Å². The second kappa shape index (κ2) is 12.3. The van der Waals surface area contributed by atoms with Gasteiger partial charge in [0.05, 0.1) is 15.6 Å². The summed E-state index contributed by atoms with van der Waals surface area (Å²) in [5.41, 5.74) is 13.2. The van der Waals surface area contributed by atoms with E-state index in [1.54, 1.807) is 11.3 Å². The van der Waals surface area contributed by atoms with Crippen molar-refractivity contribution >= 4 is 82.5 Å². The zero-order chi connectivity index (χ0) is 35.6. The Morgan fingerprint density at radius 3 is 1.85 bits per heavy atom. The third-order valence-corrected chi connectivity index (χ3v) is 11.4. The topological polar surface area (TPSA) is 42.4 Å². The van der Waals surface area contributed by atoms with Gasteiger partial charge in [-0.1, -0.05) is 109 Å². The second-order valence-corrected chi connectivity index (χ2v) is 14.6. The summed E-state index contributed by atoms with van der Waals surface area (Å²) in [6.07, 6.45) is 0. The molecule has 0 unspecified atom stereocenters. The maximum Gasteiger partial charge on any atom is 0.137 e. The average molecular weight is 711 g/mol. The molecule has 0 amide bonds. The van der Waals surface area contributed by atoms with E-state index in [0.29, 0.717) is 0 Å². The molecule has 0 saturated heterocycles. The van der Waals surface area contributed by atoms with Crippen LogP contribution in [0.1, 0.15) is 0 Å². The van der Waals surface area contributed by atoms with Crippen LogP contribution >= 0.6 is 11.3 Å². The fourth-order valence-electron chi connectivity index (χ4n) is 7.70. The number of fused-ring (bicyclic) bond motifs is 8. The van der Waals surface area contributed by atoms with Gasteiger partial charge in [-0.2, -0.15) is 0 Å². The van der Waals surface area contributed by atoms with Crippen molar-refractivity contribution in [2.24, 2.45) is 0 Å². The van der Waals surface area contributed by atoms with Gasteiger partial charge in [0.1, 0.15) is 27.3 Å². The van der Waals surface area contributed by atoms with E-state index in [1.807, 2.05) is 18.2 Å². The minimum absolute atomic E-state index is 0.852. The van der Waals surface area contributed by atoms with Crippen LogP contribution in [-0.4, -0.2) is 4.98 Å². The zero-order valence-corrected chi connectivity index (χ0v) is 29.8. The van der Waals surface area contributed by atoms with E-state index >= 15 is 0 Å². The van der Waals surface area contributed by atoms with Crippen LogP contribution in [0.4, 0.5) is 17.1 Å². The van der Waals surface area contributed by atoms with Crippen molar-refractivity contribution in [1.29, 1.82) is 0 Å². The lowest BCUT2D eigenvalue weighted by Gasteiger charge is -2.26. The molecule has 0 radical (unpaired) electrons. The fourth-order valence-corrected chi connectivity index (χ4v) is 8.67. The van der Waals surface area contributed by atoms with Crippen LogP contribution < -0.4 is 4.90 Å². The molecule has 0 saturated carbocycles. The molecule has 11 rings (SSSR count). The highest BCUT2D eigenvalue weighted by Crippen LogP contribution is 2.42. The van der Waals surface area contributed by atoms with Crippen LogP contribution in [0.5, 0.6) is 0 Å². The molecule has 3 aromatic heterocycles. The lowest BCUT2D eigenvalue weighted by atomic mass is 10.0. The van der Waals surface area contributed by atoms with E-state index < -0.39 is 0 Å². The number of nitrogens with zero attached hydrogens (tertiary/aromatic N) is 2. The Morgan fingerprint density at radius 2 is 1.00 bits per heavy atom. The van der Waals surface area contributed by atoms with Crippen LogP contribution in [0.25, 0.3) is 86.9 Å². The molecule has 0 aliphatic carbocycles. The van der Waals surface area contributed by atoms with E-state index in [-0.39, 0.29) is 0 Å². The van der Waals surface area contributed by atoms with E-state index in [9.17, 15) is 0 Å². The minimum atomic E-state index is 0.852. The number of anilines is 3. The minimum Gasteiger partial charge on any atom is -0.456 e. The van der Waals surface area contributed by atoms with Crippen molar-refractivity contribution in [1.82, 2.24) is 4.98 Å². The van der Waals surface area contributed by atoms with E-state index in [2.05, 4.69) is 169 Å². The molecule has 8 aromatic carbocycles. The van der Waals surface area contributed by atoms with Gasteiger partial charge < -0.3 is 13.7 Å². The number of rotatable bonds is 6. The molecule has 0 aliphatic rings. The highest BCUT2D eigenvalue weighted by atomic mass is 32.1. The summed E-state index contributed by atoms with van der Waals surface area (Å²) in [4.78, 5) is 7.39. The van der Waals surface area contributed by atoms with E-state index in [0.717, 1.165) is 98.4 Å². The number of furan rings is 2. The van der Waals surface area contributed by atoms with Gasteiger partial charge in [0.25, 0.3) is 0 Å². The second-order valence-electron chi connectivity index (χ2n) is 13.6. The van der Waals surface area contributed by atoms with Gasteiger partial charge in [0, 0.05) is 44.9 Å². The molecule has 3 heterocycles. The van der Waals surface area contributed by atoms with Crippen LogP contribution in [0.3, 0.4) is 0 Å². The molecule has 5 heteroatoms. The van der Waals surface area contributed by atoms with Crippen LogP contribution in [0, 0.1) is 0 Å². The Bertz CT molecular complexity index is 3160. The Balaban J connectivity index is 0.993. The lowest BCUT2D eigenvalue weighted by Crippen LogP contribution is -2.10. The van der Waals surface area contributed by atoms with Gasteiger partial charge in [-0.3, -0.25) is 0 Å². The van der Waals surface area contributed by atoms with Crippen LogP contribution in [-0.2, 0) is 0 Å². The maximum absolute atomic E-state index is 6.47. The van der Waals surface area contributed by atoms with Crippen molar-refractivity contribution in [2.75, 3.05) is 4.90 Å². The molecule has 0 spiro atoms. The quantitative estimate of drug-likeness (QED) is 0.172. The molecule has 0 bridgehead atoms. The first kappa shape index (κ1) is 30.7. The van der Waals surface area contributed by atoms with Gasteiger partial charge in [-0.15, -0.1) is 11.3 Å². The molecular formula is C49H30N2O2S. The van der Waals surface area contributed by atoms with Gasteiger partial charge in [-0.25, -0.2) is 4.98 Å². The first-order valence-corrected chi connectivity index (χ1v) is 18.8. The smallest absolute Gasteiger partial charge is 0.137 e. The van der Waals surface area contributed by atoms with Gasteiger partial charge >= 0.3 is 0 Å². The van der Waals surface area contributed by atoms with Crippen molar-refractivity contribution < 1.29 is 8.83 Å². The van der Waals surface area contributed by atoms with Crippen molar-refractivity contribution in [3.63, 3.8) is 0 Å². The summed E-state index contributed by atoms with van der Waals surface area (Å²) in [6, 6.07) is 63.8. The summed E-state index contributed by atoms with van der Waals surface area (Å²) in [7, 11) is 0. The molecule has 0 aliphatic heterocycles. The van der Waals surface area contributed by atoms with Crippen molar-refractivity contribution in [2.45, 2.75) is 0 Å². The SMILES string of the molecule is c1ccc(-c2cccc(N(c3ccc(-c4ccc5c(c4)oc4ccc6sc(-c7ccccc7)nc6c45)cc3)c3ccc4c(c3)oc3ccccc34)c2)cc1. The molecule has 4 nitrogen and oxygen atoms in total. The molecule has 54 heavy (non-hydrogen) atoms. The first-order valence-electron chi connectivity index (χ1n) is 18.0. The summed E-state index contributed by atoms with van der Waals surface area (Å²) < 4.78 is 14.0. The molecule has 254 valence electrons. The highest BCUT2D eigenvalue weighted by Gasteiger charge is 2.18. The Hall–Kier alpha value is -6.95. The largest absolute Gasteiger partial charge is 0.456 e. The van der Waals surface area contributed by atoms with Gasteiger partial charge in [0.2, 0.25) is 0 Å². The summed E-state index contributed by atoms with van der Waals surface area (Å²) >= 11 is 1.72. The molecule has 0 fully saturated rings. The number of aromatic nitrogens is 1. The number of hydrogen-bond acceptors (Lipinski definition) is 5. The maximum atomic E-state index is 6.47. The molecule has 0 atom stereocenters. The third-order valence-electron chi connectivity index (χ3n) is 10.3. The number of thiazole rings is 1. The predicted octanol–water partition coefficient (Wildman–Crippen LogP) is 14.6. The van der Waals surface area contributed by atoms with Crippen molar-refractivity contribution in [3.05, 3.63) is 182 Å². The molecule has 0 N–H and O–H groups in total. The fraction of sp³-hybridized carbons (Fsp3) is 0. The monoisotopic (exact) mass is 710 g/mol. The summed E-state index contributed by atoms with van der Waals surface area (Å²) in [5, 5.41) is 5.39. The Morgan fingerprint density at radius 1 is 0.389 bits per heavy atom. The lowest BCUT2D eigenvalue weighted by molar-refractivity contribution is 0.668. The Kier molecular flexibility index (Phi) is 7.00. The standard InChI is InChI=1S/C49H30N2O2S/c1-3-10-31(11-4-1)34-14-9-15-37(28-34)51(38-23-25-40-39-16-7-8-17-42(39)52-45(40)30-38)36-21-18-32(19-22-36)35-20-24-41-44(29-35)53-43-26-27-46-48(47(41)43)50-49(54-46)33-12-5-2-6-13-33/h1-30H. The number of benzene rings is 8. The van der Waals surface area contributed by atoms with E-state index in [1.165, 1.54) is 5.56 Å². The number of hydrogen-bond donors (Lipinski definition) is 0.